The summed E-state index contributed by atoms with van der Waals surface area (Å²) in [5.74, 6) is 0. The second-order valence-corrected chi connectivity index (χ2v) is 23.5. The average Bonchev–Trinajstić information content (AvgIpc) is 3.34. The molecule has 302 valence electrons. The van der Waals surface area contributed by atoms with Gasteiger partial charge in [-0.1, -0.05) is 231 Å². The molecule has 12 aromatic carbocycles. The molecule has 12 rings (SSSR count). The Morgan fingerprint density at radius 2 is 0.531 bits per heavy atom. The van der Waals surface area contributed by atoms with Gasteiger partial charge in [-0.25, -0.2) is 0 Å². The van der Waals surface area contributed by atoms with Gasteiger partial charge in [0, 0.05) is 0 Å². The topological polar surface area (TPSA) is 0 Å². The summed E-state index contributed by atoms with van der Waals surface area (Å²) < 4.78 is 0. The lowest BCUT2D eigenvalue weighted by Crippen LogP contribution is -2.37. The van der Waals surface area contributed by atoms with Crippen LogP contribution >= 0.6 is 0 Å². The van der Waals surface area contributed by atoms with Crippen molar-refractivity contribution in [3.05, 3.63) is 224 Å². The third-order valence-electron chi connectivity index (χ3n) is 13.6. The molecule has 0 fully saturated rings. The molecule has 0 aromatic heterocycles. The fourth-order valence-corrected chi connectivity index (χ4v) is 11.6. The van der Waals surface area contributed by atoms with Crippen LogP contribution in [0.15, 0.2) is 224 Å². The SMILES string of the molecule is C[Si](C)(C)c1ccc(-c2c3ccccc3c(-c3ccc(-c4ccc5c(-c6ccc7ccccc7c6)c6ccccc6c(-c6ccc7ccccc7c6)c5c4)cc3)c3ccccc23)cc1. The van der Waals surface area contributed by atoms with Crippen molar-refractivity contribution in [1.82, 2.24) is 0 Å². The highest BCUT2D eigenvalue weighted by atomic mass is 28.3. The van der Waals surface area contributed by atoms with E-state index in [1.807, 2.05) is 0 Å². The van der Waals surface area contributed by atoms with E-state index in [1.54, 1.807) is 0 Å². The molecule has 0 heterocycles. The Morgan fingerprint density at radius 1 is 0.219 bits per heavy atom. The maximum Gasteiger partial charge on any atom is 0.0775 e. The van der Waals surface area contributed by atoms with Crippen molar-refractivity contribution in [3.8, 4) is 55.6 Å². The van der Waals surface area contributed by atoms with Crippen LogP contribution in [-0.2, 0) is 0 Å². The first kappa shape index (κ1) is 38.1. The zero-order valence-electron chi connectivity index (χ0n) is 36.4. The van der Waals surface area contributed by atoms with Gasteiger partial charge in [0.1, 0.15) is 0 Å². The van der Waals surface area contributed by atoms with Crippen LogP contribution in [0.25, 0.3) is 120 Å². The van der Waals surface area contributed by atoms with Gasteiger partial charge in [0.2, 0.25) is 0 Å². The Labute approximate surface area is 375 Å². The standard InChI is InChI=1S/C63H46Si/c1-64(2,3)51-35-32-45(33-36-51)61-54-20-10-8-18-52(54)60(53-19-9-11-21-55(53)61)44-28-24-43(25-29-44)48-34-37-58-59(40-48)63(50-31-27-42-15-5-7-17-47(42)39-50)57-23-13-12-22-56(57)62(58)49-30-26-41-14-4-6-16-46(41)38-49/h4-40H,1-3H3. The van der Waals surface area contributed by atoms with E-state index >= 15 is 0 Å². The van der Waals surface area contributed by atoms with Crippen LogP contribution in [0.3, 0.4) is 0 Å². The minimum Gasteiger partial charge on any atom is -0.0656 e. The molecule has 0 amide bonds. The third kappa shape index (κ3) is 6.35. The molecular weight excluding hydrogens is 785 g/mol. The first-order chi connectivity index (χ1) is 31.4. The summed E-state index contributed by atoms with van der Waals surface area (Å²) >= 11 is 0. The van der Waals surface area contributed by atoms with E-state index in [1.165, 1.54) is 125 Å². The highest BCUT2D eigenvalue weighted by Crippen LogP contribution is 2.47. The molecule has 0 aliphatic heterocycles. The van der Waals surface area contributed by atoms with Crippen LogP contribution < -0.4 is 5.19 Å². The molecule has 0 spiro atoms. The Balaban J connectivity index is 1.04. The number of hydrogen-bond acceptors (Lipinski definition) is 0. The first-order valence-corrected chi connectivity index (χ1v) is 26.0. The van der Waals surface area contributed by atoms with E-state index in [9.17, 15) is 0 Å². The second-order valence-electron chi connectivity index (χ2n) is 18.4. The summed E-state index contributed by atoms with van der Waals surface area (Å²) in [6.07, 6.45) is 0. The highest BCUT2D eigenvalue weighted by Gasteiger charge is 2.21. The lowest BCUT2D eigenvalue weighted by Gasteiger charge is -2.20. The lowest BCUT2D eigenvalue weighted by molar-refractivity contribution is 1.62. The zero-order valence-corrected chi connectivity index (χ0v) is 37.4. The molecule has 0 bridgehead atoms. The summed E-state index contributed by atoms with van der Waals surface area (Å²) in [5.41, 5.74) is 12.5. The summed E-state index contributed by atoms with van der Waals surface area (Å²) in [6, 6.07) is 84.1. The molecule has 0 atom stereocenters. The first-order valence-electron chi connectivity index (χ1n) is 22.5. The molecule has 0 saturated heterocycles. The maximum atomic E-state index is 2.44. The number of fused-ring (bicyclic) bond motifs is 6. The van der Waals surface area contributed by atoms with Gasteiger partial charge in [-0.2, -0.15) is 0 Å². The Morgan fingerprint density at radius 3 is 0.969 bits per heavy atom. The summed E-state index contributed by atoms with van der Waals surface area (Å²) in [7, 11) is -1.42. The van der Waals surface area contributed by atoms with Gasteiger partial charge in [0.25, 0.3) is 0 Å². The zero-order chi connectivity index (χ0) is 42.9. The fourth-order valence-electron chi connectivity index (χ4n) is 10.4. The molecule has 64 heavy (non-hydrogen) atoms. The van der Waals surface area contributed by atoms with Crippen LogP contribution in [0.1, 0.15) is 0 Å². The minimum atomic E-state index is -1.42. The average molecular weight is 831 g/mol. The van der Waals surface area contributed by atoms with Crippen molar-refractivity contribution in [2.24, 2.45) is 0 Å². The van der Waals surface area contributed by atoms with Gasteiger partial charge < -0.3 is 0 Å². The number of benzene rings is 12. The van der Waals surface area contributed by atoms with E-state index < -0.39 is 8.07 Å². The van der Waals surface area contributed by atoms with Crippen molar-refractivity contribution in [2.75, 3.05) is 0 Å². The monoisotopic (exact) mass is 830 g/mol. The molecule has 1 heteroatoms. The largest absolute Gasteiger partial charge is 0.0775 e. The van der Waals surface area contributed by atoms with Crippen molar-refractivity contribution in [2.45, 2.75) is 19.6 Å². The van der Waals surface area contributed by atoms with Crippen LogP contribution in [0.2, 0.25) is 19.6 Å². The third-order valence-corrected chi connectivity index (χ3v) is 15.6. The second kappa shape index (κ2) is 15.1. The van der Waals surface area contributed by atoms with E-state index in [-0.39, 0.29) is 0 Å². The summed E-state index contributed by atoms with van der Waals surface area (Å²) in [5, 5.41) is 16.6. The van der Waals surface area contributed by atoms with Crippen LogP contribution in [-0.4, -0.2) is 8.07 Å². The quantitative estimate of drug-likeness (QED) is 0.116. The maximum absolute atomic E-state index is 2.44. The molecule has 0 N–H and O–H groups in total. The highest BCUT2D eigenvalue weighted by molar-refractivity contribution is 6.88. The van der Waals surface area contributed by atoms with Crippen LogP contribution in [0.5, 0.6) is 0 Å². The predicted molar refractivity (Wildman–Crippen MR) is 282 cm³/mol. The van der Waals surface area contributed by atoms with Gasteiger partial charge in [-0.3, -0.25) is 0 Å². The summed E-state index contributed by atoms with van der Waals surface area (Å²) in [4.78, 5) is 0. The van der Waals surface area contributed by atoms with E-state index in [0.29, 0.717) is 0 Å². The Bertz CT molecular complexity index is 3740. The van der Waals surface area contributed by atoms with Crippen molar-refractivity contribution >= 4 is 77.9 Å². The van der Waals surface area contributed by atoms with Crippen molar-refractivity contribution in [3.63, 3.8) is 0 Å². The van der Waals surface area contributed by atoms with Crippen molar-refractivity contribution in [1.29, 1.82) is 0 Å². The summed E-state index contributed by atoms with van der Waals surface area (Å²) in [6.45, 7) is 7.25. The molecular formula is C63H46Si. The number of rotatable bonds is 6. The lowest BCUT2D eigenvalue weighted by atomic mass is 9.84. The van der Waals surface area contributed by atoms with E-state index in [4.69, 9.17) is 0 Å². The van der Waals surface area contributed by atoms with Gasteiger partial charge in [-0.15, -0.1) is 0 Å². The molecule has 0 radical (unpaired) electrons. The van der Waals surface area contributed by atoms with Gasteiger partial charge >= 0.3 is 0 Å². The van der Waals surface area contributed by atoms with Gasteiger partial charge in [-0.05, 0) is 138 Å². The van der Waals surface area contributed by atoms with Crippen LogP contribution in [0.4, 0.5) is 0 Å². The molecule has 0 aliphatic rings. The van der Waals surface area contributed by atoms with E-state index in [0.717, 1.165) is 0 Å². The molecule has 0 saturated carbocycles. The Kier molecular flexibility index (Phi) is 8.96. The Hall–Kier alpha value is -7.58. The minimum absolute atomic E-state index is 1.20. The molecule has 0 unspecified atom stereocenters. The normalized spacial score (nSPS) is 12.0. The molecule has 0 nitrogen and oxygen atoms in total. The fraction of sp³-hybridized carbons (Fsp3) is 0.0476. The van der Waals surface area contributed by atoms with E-state index in [2.05, 4.69) is 244 Å². The van der Waals surface area contributed by atoms with Crippen LogP contribution in [0, 0.1) is 0 Å². The van der Waals surface area contributed by atoms with Gasteiger partial charge in [0.15, 0.2) is 0 Å². The predicted octanol–water partition coefficient (Wildman–Crippen LogP) is 17.5. The smallest absolute Gasteiger partial charge is 0.0656 e. The van der Waals surface area contributed by atoms with Gasteiger partial charge in [0.05, 0.1) is 8.07 Å². The molecule has 12 aromatic rings. The molecule has 0 aliphatic carbocycles. The number of hydrogen-bond donors (Lipinski definition) is 0. The van der Waals surface area contributed by atoms with Crippen molar-refractivity contribution < 1.29 is 0 Å².